The maximum atomic E-state index is 13.4. The van der Waals surface area contributed by atoms with E-state index in [9.17, 15) is 23.2 Å². The molecule has 3 aromatic carbocycles. The Hall–Kier alpha value is -4.87. The van der Waals surface area contributed by atoms with Gasteiger partial charge in [0.15, 0.2) is 18.1 Å². The lowest BCUT2D eigenvalue weighted by Crippen LogP contribution is -2.58. The summed E-state index contributed by atoms with van der Waals surface area (Å²) in [5, 5.41) is 5.85. The summed E-state index contributed by atoms with van der Waals surface area (Å²) >= 11 is 0. The molecule has 0 unspecified atom stereocenters. The predicted octanol–water partition coefficient (Wildman–Crippen LogP) is 3.72. The molecule has 232 valence electrons. The van der Waals surface area contributed by atoms with Crippen LogP contribution in [-0.2, 0) is 22.6 Å². The van der Waals surface area contributed by atoms with Crippen LogP contribution in [0, 0.1) is 0 Å². The van der Waals surface area contributed by atoms with Crippen LogP contribution in [0.1, 0.15) is 34.3 Å². The quantitative estimate of drug-likeness (QED) is 0.464. The Bertz CT molecular complexity index is 1480. The molecule has 1 saturated heterocycles. The number of carbonyl (C=O) groups excluding carboxylic acids is 3. The normalized spacial score (nSPS) is 19.2. The van der Waals surface area contributed by atoms with E-state index < -0.39 is 30.6 Å². The number of ether oxygens (including phenoxy) is 4. The Morgan fingerprint density at radius 1 is 0.977 bits per heavy atom. The lowest BCUT2D eigenvalue weighted by atomic mass is 10.00. The van der Waals surface area contributed by atoms with Gasteiger partial charge in [0.05, 0.1) is 18.7 Å². The number of aryl methyl sites for hydroxylation is 1. The summed E-state index contributed by atoms with van der Waals surface area (Å²) in [5.41, 5.74) is 1.75. The molecule has 0 radical (unpaired) electrons. The number of para-hydroxylation sites is 1. The van der Waals surface area contributed by atoms with Gasteiger partial charge in [-0.15, -0.1) is 0 Å². The number of piperidine rings is 1. The maximum Gasteiger partial charge on any atom is 0.387 e. The largest absolute Gasteiger partial charge is 0.493 e. The highest BCUT2D eigenvalue weighted by Gasteiger charge is 2.35. The van der Waals surface area contributed by atoms with Gasteiger partial charge < -0.3 is 34.5 Å². The minimum absolute atomic E-state index is 0.00745. The number of benzene rings is 3. The van der Waals surface area contributed by atoms with E-state index in [1.165, 1.54) is 30.2 Å². The molecule has 3 amide bonds. The fourth-order valence-corrected chi connectivity index (χ4v) is 5.19. The molecule has 12 heteroatoms. The fraction of sp³-hybridized carbons (Fsp3) is 0.344. The van der Waals surface area contributed by atoms with Gasteiger partial charge in [-0.25, -0.2) is 0 Å². The van der Waals surface area contributed by atoms with Gasteiger partial charge in [0.1, 0.15) is 17.6 Å². The Labute approximate surface area is 253 Å². The summed E-state index contributed by atoms with van der Waals surface area (Å²) in [5.74, 6) is 0.0483. The molecule has 0 saturated carbocycles. The second-order valence-corrected chi connectivity index (χ2v) is 10.4. The molecule has 0 spiro atoms. The number of carbonyl (C=O) groups is 3. The standard InChI is InChI=1S/C32H33F2N3O7/c1-41-28-16-20-8-12-27(28)42-19-30(39)36-24-18-37(31(40)23-4-2-3-5-25(23)44-32(33)34)15-14-26(24)43-22-10-6-21(7-11-22)17-35-29(38)13-9-20/h2-8,10-12,16,24,26,32H,9,13-15,17-19H2,1H3,(H,35,38)(H,36,39)/t24-,26-/m1/s1. The first-order valence-electron chi connectivity index (χ1n) is 14.2. The van der Waals surface area contributed by atoms with E-state index in [0.29, 0.717) is 43.1 Å². The van der Waals surface area contributed by atoms with Gasteiger partial charge in [0.25, 0.3) is 11.8 Å². The van der Waals surface area contributed by atoms with Crippen molar-refractivity contribution >= 4 is 17.7 Å². The van der Waals surface area contributed by atoms with Crippen LogP contribution in [0.4, 0.5) is 8.78 Å². The number of nitrogens with one attached hydrogen (secondary N) is 2. The highest BCUT2D eigenvalue weighted by atomic mass is 19.3. The van der Waals surface area contributed by atoms with E-state index in [4.69, 9.17) is 14.2 Å². The second-order valence-electron chi connectivity index (χ2n) is 10.4. The molecule has 3 aromatic rings. The molecule has 4 bridgehead atoms. The van der Waals surface area contributed by atoms with Crippen molar-refractivity contribution < 1.29 is 42.1 Å². The van der Waals surface area contributed by atoms with Crippen molar-refractivity contribution in [2.24, 2.45) is 0 Å². The zero-order chi connectivity index (χ0) is 31.1. The summed E-state index contributed by atoms with van der Waals surface area (Å²) in [6.07, 6.45) is 0.621. The number of alkyl halides is 2. The molecule has 5 aliphatic heterocycles. The Balaban J connectivity index is 1.38. The monoisotopic (exact) mass is 609 g/mol. The zero-order valence-corrected chi connectivity index (χ0v) is 24.1. The molecule has 0 aliphatic carbocycles. The summed E-state index contributed by atoms with van der Waals surface area (Å²) in [7, 11) is 1.49. The Morgan fingerprint density at radius 2 is 1.75 bits per heavy atom. The number of amides is 3. The summed E-state index contributed by atoms with van der Waals surface area (Å²) < 4.78 is 48.0. The molecule has 5 aliphatic rings. The van der Waals surface area contributed by atoms with Crippen LogP contribution in [0.3, 0.4) is 0 Å². The van der Waals surface area contributed by atoms with E-state index in [0.717, 1.165) is 11.1 Å². The average molecular weight is 610 g/mol. The minimum Gasteiger partial charge on any atom is -0.493 e. The Kier molecular flexibility index (Phi) is 9.78. The number of methoxy groups -OCH3 is 1. The zero-order valence-electron chi connectivity index (χ0n) is 24.1. The van der Waals surface area contributed by atoms with Gasteiger partial charge in [-0.2, -0.15) is 8.78 Å². The summed E-state index contributed by atoms with van der Waals surface area (Å²) in [6.45, 7) is -2.76. The molecule has 5 heterocycles. The van der Waals surface area contributed by atoms with Gasteiger partial charge in [0, 0.05) is 32.5 Å². The first-order valence-corrected chi connectivity index (χ1v) is 14.2. The van der Waals surface area contributed by atoms with Crippen LogP contribution in [0.15, 0.2) is 66.7 Å². The number of nitrogens with zero attached hydrogens (tertiary/aromatic N) is 1. The van der Waals surface area contributed by atoms with Gasteiger partial charge in [-0.1, -0.05) is 30.3 Å². The first kappa shape index (κ1) is 30.6. The highest BCUT2D eigenvalue weighted by Crippen LogP contribution is 2.29. The van der Waals surface area contributed by atoms with Gasteiger partial charge in [-0.3, -0.25) is 14.4 Å². The molecular weight excluding hydrogens is 576 g/mol. The van der Waals surface area contributed by atoms with Crippen LogP contribution in [-0.4, -0.2) is 68.2 Å². The van der Waals surface area contributed by atoms with Crippen LogP contribution < -0.4 is 29.6 Å². The SMILES string of the molecule is COc1cc2ccc1OCC(=O)N[C@@H]1CN(C(=O)c3ccccc3OC(F)F)CC[C@H]1Oc1ccc(cc1)CNC(=O)CC2. The molecular formula is C32H33F2N3O7. The van der Waals surface area contributed by atoms with Crippen molar-refractivity contribution in [1.82, 2.24) is 15.5 Å². The molecule has 8 rings (SSSR count). The number of likely N-dealkylation sites (tertiary alicyclic amines) is 1. The van der Waals surface area contributed by atoms with Gasteiger partial charge in [-0.05, 0) is 53.9 Å². The predicted molar refractivity (Wildman–Crippen MR) is 155 cm³/mol. The van der Waals surface area contributed by atoms with Crippen LogP contribution in [0.5, 0.6) is 23.0 Å². The highest BCUT2D eigenvalue weighted by molar-refractivity contribution is 5.97. The average Bonchev–Trinajstić information content (AvgIpc) is 3.02. The van der Waals surface area contributed by atoms with Crippen LogP contribution in [0.25, 0.3) is 0 Å². The smallest absolute Gasteiger partial charge is 0.387 e. The van der Waals surface area contributed by atoms with Crippen LogP contribution in [0.2, 0.25) is 0 Å². The lowest BCUT2D eigenvalue weighted by Gasteiger charge is -2.39. The van der Waals surface area contributed by atoms with Crippen molar-refractivity contribution in [3.63, 3.8) is 0 Å². The molecule has 10 nitrogen and oxygen atoms in total. The number of halogens is 2. The van der Waals surface area contributed by atoms with Crippen LogP contribution >= 0.6 is 0 Å². The second kappa shape index (κ2) is 14.1. The molecule has 0 aromatic heterocycles. The third-order valence-corrected chi connectivity index (χ3v) is 7.44. The van der Waals surface area contributed by atoms with E-state index in [1.54, 1.807) is 30.3 Å². The third-order valence-electron chi connectivity index (χ3n) is 7.44. The molecule has 2 atom stereocenters. The molecule has 1 fully saturated rings. The minimum atomic E-state index is -3.09. The number of rotatable bonds is 4. The summed E-state index contributed by atoms with van der Waals surface area (Å²) in [6, 6.07) is 17.7. The van der Waals surface area contributed by atoms with E-state index in [-0.39, 0.29) is 36.9 Å². The topological polar surface area (TPSA) is 115 Å². The van der Waals surface area contributed by atoms with E-state index >= 15 is 0 Å². The van der Waals surface area contributed by atoms with Crippen molar-refractivity contribution in [1.29, 1.82) is 0 Å². The summed E-state index contributed by atoms with van der Waals surface area (Å²) in [4.78, 5) is 40.5. The number of hydrogen-bond acceptors (Lipinski definition) is 7. The van der Waals surface area contributed by atoms with E-state index in [2.05, 4.69) is 15.4 Å². The van der Waals surface area contributed by atoms with Gasteiger partial charge in [0.2, 0.25) is 5.91 Å². The molecule has 44 heavy (non-hydrogen) atoms. The van der Waals surface area contributed by atoms with Crippen molar-refractivity contribution in [2.45, 2.75) is 44.6 Å². The molecule has 2 N–H and O–H groups in total. The van der Waals surface area contributed by atoms with Crippen molar-refractivity contribution in [3.8, 4) is 23.0 Å². The Morgan fingerprint density at radius 3 is 2.52 bits per heavy atom. The fourth-order valence-electron chi connectivity index (χ4n) is 5.19. The first-order chi connectivity index (χ1) is 21.3. The third kappa shape index (κ3) is 7.74. The lowest BCUT2D eigenvalue weighted by molar-refractivity contribution is -0.125. The van der Waals surface area contributed by atoms with Crippen molar-refractivity contribution in [3.05, 3.63) is 83.4 Å². The van der Waals surface area contributed by atoms with Gasteiger partial charge >= 0.3 is 6.61 Å². The maximum absolute atomic E-state index is 13.4. The van der Waals surface area contributed by atoms with Crippen molar-refractivity contribution in [2.75, 3.05) is 26.8 Å². The number of hydrogen-bond donors (Lipinski definition) is 2. The van der Waals surface area contributed by atoms with E-state index in [1.807, 2.05) is 18.2 Å².